The Balaban J connectivity index is 2.54. The largest absolute Gasteiger partial charge is 0.369 e. The van der Waals surface area contributed by atoms with Gasteiger partial charge in [-0.25, -0.2) is 0 Å². The summed E-state index contributed by atoms with van der Waals surface area (Å²) in [5.41, 5.74) is 10.7. The molecule has 1 saturated heterocycles. The first-order chi connectivity index (χ1) is 4.61. The molecule has 1 aliphatic heterocycles. The monoisotopic (exact) mass is 143 g/mol. The quantitative estimate of drug-likeness (QED) is 0.462. The van der Waals surface area contributed by atoms with E-state index in [1.54, 1.807) is 0 Å². The lowest BCUT2D eigenvalue weighted by atomic mass is 10.1. The molecule has 2 atom stereocenters. The molecule has 0 aromatic carbocycles. The standard InChI is InChI=1S/C6H13N3O/c1-9-2-4(6(8)10)5(7)3-9/h4-5H,2-3,7H2,1H3,(H2,8,10)/t4-,5-/m0/s1. The minimum atomic E-state index is -0.281. The topological polar surface area (TPSA) is 72.3 Å². The molecule has 1 aliphatic rings. The number of primary amides is 1. The molecule has 1 amide bonds. The molecule has 0 bridgehead atoms. The van der Waals surface area contributed by atoms with E-state index in [1.165, 1.54) is 0 Å². The summed E-state index contributed by atoms with van der Waals surface area (Å²) in [6.07, 6.45) is 0. The highest BCUT2D eigenvalue weighted by molar-refractivity contribution is 5.78. The second-order valence-electron chi connectivity index (χ2n) is 2.89. The third-order valence-corrected chi connectivity index (χ3v) is 1.91. The van der Waals surface area contributed by atoms with Gasteiger partial charge in [-0.1, -0.05) is 0 Å². The predicted molar refractivity (Wildman–Crippen MR) is 38.2 cm³/mol. The van der Waals surface area contributed by atoms with Crippen LogP contribution in [0.15, 0.2) is 0 Å². The SMILES string of the molecule is CN1C[C@H](C(N)=O)[C@@H](N)C1. The molecule has 4 N–H and O–H groups in total. The lowest BCUT2D eigenvalue weighted by Gasteiger charge is -2.07. The number of likely N-dealkylation sites (N-methyl/N-ethyl adjacent to an activating group) is 1. The first-order valence-electron chi connectivity index (χ1n) is 3.34. The smallest absolute Gasteiger partial charge is 0.223 e. The Hall–Kier alpha value is -0.610. The van der Waals surface area contributed by atoms with Crippen LogP contribution in [-0.4, -0.2) is 37.0 Å². The first-order valence-corrected chi connectivity index (χ1v) is 3.34. The van der Waals surface area contributed by atoms with Gasteiger partial charge in [0.1, 0.15) is 0 Å². The normalized spacial score (nSPS) is 34.6. The van der Waals surface area contributed by atoms with Crippen molar-refractivity contribution >= 4 is 5.91 Å². The summed E-state index contributed by atoms with van der Waals surface area (Å²) in [4.78, 5) is 12.7. The average Bonchev–Trinajstić information content (AvgIpc) is 2.10. The molecule has 10 heavy (non-hydrogen) atoms. The van der Waals surface area contributed by atoms with E-state index in [1.807, 2.05) is 11.9 Å². The Kier molecular flexibility index (Phi) is 1.92. The highest BCUT2D eigenvalue weighted by Gasteiger charge is 2.31. The van der Waals surface area contributed by atoms with Crippen molar-refractivity contribution in [3.05, 3.63) is 0 Å². The Morgan fingerprint density at radius 3 is 2.40 bits per heavy atom. The fourth-order valence-electron chi connectivity index (χ4n) is 1.33. The molecule has 1 rings (SSSR count). The zero-order valence-corrected chi connectivity index (χ0v) is 6.08. The number of carbonyl (C=O) groups excluding carboxylic acids is 1. The van der Waals surface area contributed by atoms with Crippen LogP contribution in [0.2, 0.25) is 0 Å². The van der Waals surface area contributed by atoms with Crippen molar-refractivity contribution < 1.29 is 4.79 Å². The maximum Gasteiger partial charge on any atom is 0.223 e. The van der Waals surface area contributed by atoms with Crippen molar-refractivity contribution in [1.29, 1.82) is 0 Å². The number of rotatable bonds is 1. The Bertz CT molecular complexity index is 148. The Labute approximate surface area is 60.2 Å². The molecule has 0 aromatic rings. The second-order valence-corrected chi connectivity index (χ2v) is 2.89. The zero-order chi connectivity index (χ0) is 7.72. The van der Waals surface area contributed by atoms with Gasteiger partial charge in [0.05, 0.1) is 5.92 Å². The maximum absolute atomic E-state index is 10.7. The van der Waals surface area contributed by atoms with Crippen LogP contribution >= 0.6 is 0 Å². The summed E-state index contributed by atoms with van der Waals surface area (Å²) < 4.78 is 0. The van der Waals surface area contributed by atoms with Gasteiger partial charge in [0.2, 0.25) is 5.91 Å². The Morgan fingerprint density at radius 2 is 2.20 bits per heavy atom. The minimum Gasteiger partial charge on any atom is -0.369 e. The van der Waals surface area contributed by atoms with Gasteiger partial charge in [0, 0.05) is 19.1 Å². The van der Waals surface area contributed by atoms with Gasteiger partial charge in [-0.2, -0.15) is 0 Å². The van der Waals surface area contributed by atoms with Crippen LogP contribution in [0.3, 0.4) is 0 Å². The number of likely N-dealkylation sites (tertiary alicyclic amines) is 1. The van der Waals surface area contributed by atoms with Crippen molar-refractivity contribution in [3.63, 3.8) is 0 Å². The van der Waals surface area contributed by atoms with Gasteiger partial charge >= 0.3 is 0 Å². The molecule has 0 aromatic heterocycles. The van der Waals surface area contributed by atoms with E-state index in [2.05, 4.69) is 0 Å². The van der Waals surface area contributed by atoms with Crippen LogP contribution in [0, 0.1) is 5.92 Å². The van der Waals surface area contributed by atoms with Crippen LogP contribution in [-0.2, 0) is 4.79 Å². The summed E-state index contributed by atoms with van der Waals surface area (Å²) in [7, 11) is 1.93. The summed E-state index contributed by atoms with van der Waals surface area (Å²) in [5, 5.41) is 0. The van der Waals surface area contributed by atoms with E-state index < -0.39 is 0 Å². The van der Waals surface area contributed by atoms with E-state index in [-0.39, 0.29) is 17.9 Å². The molecule has 0 radical (unpaired) electrons. The highest BCUT2D eigenvalue weighted by Crippen LogP contribution is 2.11. The van der Waals surface area contributed by atoms with Crippen LogP contribution in [0.5, 0.6) is 0 Å². The number of nitrogens with two attached hydrogens (primary N) is 2. The molecule has 58 valence electrons. The molecule has 1 fully saturated rings. The van der Waals surface area contributed by atoms with Crippen molar-refractivity contribution in [1.82, 2.24) is 4.90 Å². The first kappa shape index (κ1) is 7.50. The van der Waals surface area contributed by atoms with Crippen molar-refractivity contribution in [3.8, 4) is 0 Å². The molecule has 4 nitrogen and oxygen atoms in total. The van der Waals surface area contributed by atoms with E-state index in [0.717, 1.165) is 6.54 Å². The zero-order valence-electron chi connectivity index (χ0n) is 6.08. The van der Waals surface area contributed by atoms with Gasteiger partial charge in [0.25, 0.3) is 0 Å². The van der Waals surface area contributed by atoms with Crippen LogP contribution in [0.25, 0.3) is 0 Å². The second kappa shape index (κ2) is 2.56. The summed E-state index contributed by atoms with van der Waals surface area (Å²) in [5.74, 6) is -0.429. The van der Waals surface area contributed by atoms with E-state index >= 15 is 0 Å². The number of nitrogens with zero attached hydrogens (tertiary/aromatic N) is 1. The van der Waals surface area contributed by atoms with E-state index in [9.17, 15) is 4.79 Å². The maximum atomic E-state index is 10.7. The fourth-order valence-corrected chi connectivity index (χ4v) is 1.33. The lowest BCUT2D eigenvalue weighted by Crippen LogP contribution is -2.37. The Morgan fingerprint density at radius 1 is 1.60 bits per heavy atom. The van der Waals surface area contributed by atoms with Gasteiger partial charge in [-0.15, -0.1) is 0 Å². The summed E-state index contributed by atoms with van der Waals surface area (Å²) >= 11 is 0. The molecular formula is C6H13N3O. The summed E-state index contributed by atoms with van der Waals surface area (Å²) in [6.45, 7) is 1.48. The van der Waals surface area contributed by atoms with E-state index in [0.29, 0.717) is 6.54 Å². The number of carbonyl (C=O) groups is 1. The number of hydrogen-bond donors (Lipinski definition) is 2. The van der Waals surface area contributed by atoms with Crippen molar-refractivity contribution in [2.75, 3.05) is 20.1 Å². The number of hydrogen-bond acceptors (Lipinski definition) is 3. The molecular weight excluding hydrogens is 130 g/mol. The molecule has 0 unspecified atom stereocenters. The molecule has 4 heteroatoms. The van der Waals surface area contributed by atoms with Crippen LogP contribution in [0.1, 0.15) is 0 Å². The van der Waals surface area contributed by atoms with Gasteiger partial charge in [-0.05, 0) is 7.05 Å². The van der Waals surface area contributed by atoms with Crippen molar-refractivity contribution in [2.24, 2.45) is 17.4 Å². The van der Waals surface area contributed by atoms with Crippen LogP contribution < -0.4 is 11.5 Å². The van der Waals surface area contributed by atoms with Crippen molar-refractivity contribution in [2.45, 2.75) is 6.04 Å². The molecule has 0 saturated carbocycles. The van der Waals surface area contributed by atoms with Gasteiger partial charge in [-0.3, -0.25) is 4.79 Å². The van der Waals surface area contributed by atoms with Crippen LogP contribution in [0.4, 0.5) is 0 Å². The minimum absolute atomic E-state index is 0.0671. The third-order valence-electron chi connectivity index (χ3n) is 1.91. The third kappa shape index (κ3) is 1.27. The van der Waals surface area contributed by atoms with Gasteiger partial charge < -0.3 is 16.4 Å². The fraction of sp³-hybridized carbons (Fsp3) is 0.833. The highest BCUT2D eigenvalue weighted by atomic mass is 16.1. The molecule has 1 heterocycles. The summed E-state index contributed by atoms with van der Waals surface area (Å²) in [6, 6.07) is -0.0671. The lowest BCUT2D eigenvalue weighted by molar-refractivity contribution is -0.121. The molecule has 0 spiro atoms. The van der Waals surface area contributed by atoms with Gasteiger partial charge in [0.15, 0.2) is 0 Å². The van der Waals surface area contributed by atoms with E-state index in [4.69, 9.17) is 11.5 Å². The average molecular weight is 143 g/mol. The predicted octanol–water partition coefficient (Wildman–Crippen LogP) is -1.64. The number of amides is 1. The molecule has 0 aliphatic carbocycles.